The normalized spacial score (nSPS) is 16.6. The average molecular weight is 199 g/mol. The lowest BCUT2D eigenvalue weighted by molar-refractivity contribution is 0.112. The van der Waals surface area contributed by atoms with E-state index in [0.29, 0.717) is 5.56 Å². The molecule has 0 heterocycles. The highest BCUT2D eigenvalue weighted by Crippen LogP contribution is 2.35. The lowest BCUT2D eigenvalue weighted by atomic mass is 9.95. The summed E-state index contributed by atoms with van der Waals surface area (Å²) in [6, 6.07) is 5.44. The minimum atomic E-state index is 0.627. The zero-order valence-electron chi connectivity index (χ0n) is 8.44. The first kappa shape index (κ1) is 10.2. The average Bonchev–Trinajstić information content (AvgIpc) is 2.81. The zero-order valence-corrected chi connectivity index (χ0v) is 8.44. The van der Waals surface area contributed by atoms with Crippen LogP contribution in [0, 0.1) is 31.6 Å². The molecular formula is C13H11O2. The molecule has 0 saturated heterocycles. The van der Waals surface area contributed by atoms with Gasteiger partial charge in [-0.1, -0.05) is 12.1 Å². The van der Waals surface area contributed by atoms with E-state index in [9.17, 15) is 4.79 Å². The number of ether oxygens (including phenoxy) is 1. The van der Waals surface area contributed by atoms with Crippen LogP contribution in [0.15, 0.2) is 18.2 Å². The SMILES string of the molecule is COc1cc(C=O)ccc1[C]1[CH][CH][CH][CH]1. The minimum absolute atomic E-state index is 0.627. The van der Waals surface area contributed by atoms with Gasteiger partial charge >= 0.3 is 0 Å². The minimum Gasteiger partial charge on any atom is -0.496 e. The van der Waals surface area contributed by atoms with Crippen molar-refractivity contribution in [2.45, 2.75) is 0 Å². The van der Waals surface area contributed by atoms with Crippen LogP contribution in [0.25, 0.3) is 0 Å². The van der Waals surface area contributed by atoms with Crippen LogP contribution in [0.4, 0.5) is 0 Å². The maximum atomic E-state index is 10.6. The van der Waals surface area contributed by atoms with Crippen LogP contribution < -0.4 is 4.74 Å². The lowest BCUT2D eigenvalue weighted by Crippen LogP contribution is -1.99. The first-order valence-corrected chi connectivity index (χ1v) is 4.70. The summed E-state index contributed by atoms with van der Waals surface area (Å²) in [5, 5.41) is 0. The maximum absolute atomic E-state index is 10.6. The fourth-order valence-corrected chi connectivity index (χ4v) is 1.57. The Morgan fingerprint density at radius 2 is 1.93 bits per heavy atom. The van der Waals surface area contributed by atoms with E-state index < -0.39 is 0 Å². The molecule has 0 bridgehead atoms. The summed E-state index contributed by atoms with van der Waals surface area (Å²) >= 11 is 0. The Kier molecular flexibility index (Phi) is 3.05. The Labute approximate surface area is 90.3 Å². The monoisotopic (exact) mass is 199 g/mol. The van der Waals surface area contributed by atoms with Gasteiger partial charge in [0, 0.05) is 17.0 Å². The van der Waals surface area contributed by atoms with Crippen LogP contribution >= 0.6 is 0 Å². The third-order valence-corrected chi connectivity index (χ3v) is 2.34. The summed E-state index contributed by atoms with van der Waals surface area (Å²) in [5.74, 6) is 1.83. The van der Waals surface area contributed by atoms with Crippen LogP contribution in [0.1, 0.15) is 15.9 Å². The predicted octanol–water partition coefficient (Wildman–Crippen LogP) is 2.26. The molecule has 1 aliphatic rings. The van der Waals surface area contributed by atoms with Crippen molar-refractivity contribution in [2.24, 2.45) is 0 Å². The number of methoxy groups -OCH3 is 1. The summed E-state index contributed by atoms with van der Waals surface area (Å²) in [6.45, 7) is 0. The van der Waals surface area contributed by atoms with Crippen molar-refractivity contribution in [3.8, 4) is 5.75 Å². The molecule has 1 saturated carbocycles. The number of carbonyl (C=O) groups is 1. The van der Waals surface area contributed by atoms with Gasteiger partial charge in [0.2, 0.25) is 0 Å². The van der Waals surface area contributed by atoms with Crippen molar-refractivity contribution in [3.63, 3.8) is 0 Å². The van der Waals surface area contributed by atoms with Gasteiger partial charge in [-0.05, 0) is 31.7 Å². The van der Waals surface area contributed by atoms with E-state index in [-0.39, 0.29) is 0 Å². The summed E-state index contributed by atoms with van der Waals surface area (Å²) in [4.78, 5) is 10.6. The van der Waals surface area contributed by atoms with E-state index in [0.717, 1.165) is 23.5 Å². The van der Waals surface area contributed by atoms with Crippen LogP contribution in [-0.2, 0) is 0 Å². The molecule has 1 aliphatic carbocycles. The Morgan fingerprint density at radius 3 is 2.53 bits per heavy atom. The molecule has 15 heavy (non-hydrogen) atoms. The molecule has 0 amide bonds. The second kappa shape index (κ2) is 4.47. The molecule has 2 heteroatoms. The topological polar surface area (TPSA) is 26.3 Å². The number of rotatable bonds is 3. The van der Waals surface area contributed by atoms with E-state index in [1.54, 1.807) is 19.2 Å². The van der Waals surface area contributed by atoms with Crippen molar-refractivity contribution in [1.29, 1.82) is 0 Å². The van der Waals surface area contributed by atoms with Gasteiger partial charge in [0.15, 0.2) is 0 Å². The summed E-state index contributed by atoms with van der Waals surface area (Å²) < 4.78 is 5.25. The number of carbonyl (C=O) groups excluding carboxylic acids is 1. The van der Waals surface area contributed by atoms with Gasteiger partial charge in [-0.15, -0.1) is 0 Å². The number of aldehydes is 1. The molecule has 5 radical (unpaired) electrons. The second-order valence-corrected chi connectivity index (χ2v) is 3.25. The standard InChI is InChI=1S/C13H11O2/c1-15-13-8-10(9-14)6-7-12(13)11-4-2-3-5-11/h2-9H,1H3. The van der Waals surface area contributed by atoms with E-state index in [1.165, 1.54) is 0 Å². The quantitative estimate of drug-likeness (QED) is 0.698. The summed E-state index contributed by atoms with van der Waals surface area (Å²) in [6.07, 6.45) is 8.79. The molecule has 0 aliphatic heterocycles. The molecule has 1 aromatic rings. The van der Waals surface area contributed by atoms with Crippen molar-refractivity contribution in [2.75, 3.05) is 7.11 Å². The van der Waals surface area contributed by atoms with Gasteiger partial charge < -0.3 is 4.74 Å². The molecule has 2 nitrogen and oxygen atoms in total. The Balaban J connectivity index is 2.33. The van der Waals surface area contributed by atoms with Gasteiger partial charge in [0.1, 0.15) is 12.0 Å². The molecule has 0 unspecified atom stereocenters. The van der Waals surface area contributed by atoms with Gasteiger partial charge in [-0.25, -0.2) is 0 Å². The fourth-order valence-electron chi connectivity index (χ4n) is 1.57. The van der Waals surface area contributed by atoms with E-state index >= 15 is 0 Å². The largest absolute Gasteiger partial charge is 0.496 e. The molecule has 0 spiro atoms. The van der Waals surface area contributed by atoms with E-state index in [4.69, 9.17) is 4.74 Å². The molecule has 1 fully saturated rings. The molecule has 2 rings (SSSR count). The number of hydrogen-bond acceptors (Lipinski definition) is 2. The van der Waals surface area contributed by atoms with Gasteiger partial charge in [-0.3, -0.25) is 4.79 Å². The zero-order chi connectivity index (χ0) is 10.7. The fraction of sp³-hybridized carbons (Fsp3) is 0.0769. The van der Waals surface area contributed by atoms with Crippen molar-refractivity contribution >= 4 is 6.29 Å². The Hall–Kier alpha value is -1.31. The third-order valence-electron chi connectivity index (χ3n) is 2.34. The number of hydrogen-bond donors (Lipinski definition) is 0. The van der Waals surface area contributed by atoms with Crippen LogP contribution in [0.2, 0.25) is 0 Å². The van der Waals surface area contributed by atoms with E-state index in [2.05, 4.69) is 0 Å². The highest BCUT2D eigenvalue weighted by atomic mass is 16.5. The van der Waals surface area contributed by atoms with E-state index in [1.807, 2.05) is 31.7 Å². The summed E-state index contributed by atoms with van der Waals surface area (Å²) in [5.41, 5.74) is 1.63. The van der Waals surface area contributed by atoms with Gasteiger partial charge in [-0.2, -0.15) is 0 Å². The molecular weight excluding hydrogens is 188 g/mol. The van der Waals surface area contributed by atoms with Gasteiger partial charge in [0.05, 0.1) is 7.11 Å². The highest BCUT2D eigenvalue weighted by Gasteiger charge is 2.22. The third kappa shape index (κ3) is 2.04. The smallest absolute Gasteiger partial charge is 0.150 e. The number of benzene rings is 1. The first-order valence-electron chi connectivity index (χ1n) is 4.70. The van der Waals surface area contributed by atoms with Crippen LogP contribution in [0.5, 0.6) is 5.75 Å². The maximum Gasteiger partial charge on any atom is 0.150 e. The molecule has 75 valence electrons. The van der Waals surface area contributed by atoms with Crippen molar-refractivity contribution in [3.05, 3.63) is 60.9 Å². The van der Waals surface area contributed by atoms with Crippen LogP contribution in [-0.4, -0.2) is 13.4 Å². The Morgan fingerprint density at radius 1 is 1.20 bits per heavy atom. The molecule has 1 aromatic carbocycles. The molecule has 0 N–H and O–H groups in total. The van der Waals surface area contributed by atoms with Gasteiger partial charge in [0.25, 0.3) is 0 Å². The highest BCUT2D eigenvalue weighted by molar-refractivity contribution is 5.76. The predicted molar refractivity (Wildman–Crippen MR) is 57.9 cm³/mol. The van der Waals surface area contributed by atoms with Crippen molar-refractivity contribution < 1.29 is 9.53 Å². The Bertz CT molecular complexity index is 352. The molecule has 0 atom stereocenters. The van der Waals surface area contributed by atoms with Crippen LogP contribution in [0.3, 0.4) is 0 Å². The first-order chi connectivity index (χ1) is 7.35. The second-order valence-electron chi connectivity index (χ2n) is 3.25. The lowest BCUT2D eigenvalue weighted by Gasteiger charge is -2.13. The molecule has 0 aromatic heterocycles. The van der Waals surface area contributed by atoms with Crippen molar-refractivity contribution in [1.82, 2.24) is 0 Å². The summed E-state index contributed by atoms with van der Waals surface area (Å²) in [7, 11) is 1.61.